The number of halogens is 3. The molecule has 2 rings (SSSR count). The molecule has 0 fully saturated rings. The van der Waals surface area contributed by atoms with Crippen LogP contribution in [-0.4, -0.2) is 4.98 Å². The van der Waals surface area contributed by atoms with Gasteiger partial charge in [0.2, 0.25) is 5.88 Å². The Bertz CT molecular complexity index is 597. The van der Waals surface area contributed by atoms with E-state index in [1.54, 1.807) is 25.1 Å². The average molecular weight is 268 g/mol. The van der Waals surface area contributed by atoms with Crippen LogP contribution in [0.15, 0.2) is 36.4 Å². The molecule has 2 N–H and O–H groups in total. The topological polar surface area (TPSA) is 48.1 Å². The molecule has 0 unspecified atom stereocenters. The minimum atomic E-state index is -4.49. The van der Waals surface area contributed by atoms with Crippen molar-refractivity contribution in [2.24, 2.45) is 0 Å². The van der Waals surface area contributed by atoms with Gasteiger partial charge in [0.15, 0.2) is 0 Å². The molecule has 0 spiro atoms. The molecule has 0 aliphatic carbocycles. The first-order valence-corrected chi connectivity index (χ1v) is 5.44. The van der Waals surface area contributed by atoms with Crippen LogP contribution in [0, 0.1) is 6.92 Å². The molecule has 0 saturated carbocycles. The van der Waals surface area contributed by atoms with E-state index < -0.39 is 11.9 Å². The third-order valence-electron chi connectivity index (χ3n) is 2.43. The van der Waals surface area contributed by atoms with Crippen molar-refractivity contribution in [2.45, 2.75) is 13.1 Å². The SMILES string of the molecule is Cc1cc(N)ccc1Oc1cccc(C(F)(F)F)n1. The highest BCUT2D eigenvalue weighted by Gasteiger charge is 2.32. The highest BCUT2D eigenvalue weighted by Crippen LogP contribution is 2.30. The van der Waals surface area contributed by atoms with Gasteiger partial charge in [0.05, 0.1) is 0 Å². The van der Waals surface area contributed by atoms with Crippen LogP contribution in [-0.2, 0) is 6.18 Å². The fraction of sp³-hybridized carbons (Fsp3) is 0.154. The number of ether oxygens (including phenoxy) is 1. The molecule has 1 aromatic heterocycles. The summed E-state index contributed by atoms with van der Waals surface area (Å²) >= 11 is 0. The number of benzene rings is 1. The summed E-state index contributed by atoms with van der Waals surface area (Å²) in [6.45, 7) is 1.75. The van der Waals surface area contributed by atoms with E-state index in [0.29, 0.717) is 11.4 Å². The number of nitrogens with zero attached hydrogens (tertiary/aromatic N) is 1. The number of hydrogen-bond acceptors (Lipinski definition) is 3. The van der Waals surface area contributed by atoms with Gasteiger partial charge >= 0.3 is 6.18 Å². The van der Waals surface area contributed by atoms with E-state index in [0.717, 1.165) is 11.6 Å². The van der Waals surface area contributed by atoms with Gasteiger partial charge in [-0.05, 0) is 36.8 Å². The lowest BCUT2D eigenvalue weighted by Crippen LogP contribution is -2.08. The molecule has 0 radical (unpaired) electrons. The van der Waals surface area contributed by atoms with Gasteiger partial charge in [0, 0.05) is 11.8 Å². The number of aromatic nitrogens is 1. The van der Waals surface area contributed by atoms with Crippen LogP contribution in [0.4, 0.5) is 18.9 Å². The van der Waals surface area contributed by atoms with Gasteiger partial charge in [-0.15, -0.1) is 0 Å². The molecule has 19 heavy (non-hydrogen) atoms. The van der Waals surface area contributed by atoms with Gasteiger partial charge in [-0.25, -0.2) is 4.98 Å². The van der Waals surface area contributed by atoms with E-state index in [1.165, 1.54) is 12.1 Å². The first-order valence-electron chi connectivity index (χ1n) is 5.44. The molecule has 3 nitrogen and oxygen atoms in total. The quantitative estimate of drug-likeness (QED) is 0.843. The number of aryl methyl sites for hydroxylation is 1. The Morgan fingerprint density at radius 1 is 1.16 bits per heavy atom. The molecule has 1 heterocycles. The summed E-state index contributed by atoms with van der Waals surface area (Å²) in [5.41, 5.74) is 5.87. The number of anilines is 1. The van der Waals surface area contributed by atoms with Crippen molar-refractivity contribution in [1.29, 1.82) is 0 Å². The summed E-state index contributed by atoms with van der Waals surface area (Å²) in [7, 11) is 0. The van der Waals surface area contributed by atoms with E-state index in [1.807, 2.05) is 0 Å². The predicted molar refractivity (Wildman–Crippen MR) is 64.9 cm³/mol. The highest BCUT2D eigenvalue weighted by molar-refractivity contribution is 5.48. The molecule has 0 saturated heterocycles. The molecular weight excluding hydrogens is 257 g/mol. The molecule has 2 aromatic rings. The maximum atomic E-state index is 12.5. The smallest absolute Gasteiger partial charge is 0.433 e. The number of alkyl halides is 3. The molecule has 1 aromatic carbocycles. The maximum absolute atomic E-state index is 12.5. The summed E-state index contributed by atoms with van der Waals surface area (Å²) in [5, 5.41) is 0. The molecule has 6 heteroatoms. The number of pyridine rings is 1. The van der Waals surface area contributed by atoms with E-state index in [2.05, 4.69) is 4.98 Å². The Morgan fingerprint density at radius 2 is 1.89 bits per heavy atom. The molecule has 0 atom stereocenters. The van der Waals surface area contributed by atoms with E-state index >= 15 is 0 Å². The second kappa shape index (κ2) is 4.79. The molecular formula is C13H11F3N2O. The zero-order valence-electron chi connectivity index (χ0n) is 10.0. The van der Waals surface area contributed by atoms with Gasteiger partial charge in [-0.1, -0.05) is 6.07 Å². The second-order valence-electron chi connectivity index (χ2n) is 3.99. The minimum Gasteiger partial charge on any atom is -0.439 e. The number of rotatable bonds is 2. The maximum Gasteiger partial charge on any atom is 0.433 e. The Morgan fingerprint density at radius 3 is 2.53 bits per heavy atom. The van der Waals surface area contributed by atoms with E-state index in [4.69, 9.17) is 10.5 Å². The van der Waals surface area contributed by atoms with Crippen LogP contribution in [0.25, 0.3) is 0 Å². The largest absolute Gasteiger partial charge is 0.439 e. The van der Waals surface area contributed by atoms with E-state index in [-0.39, 0.29) is 5.88 Å². The summed E-state index contributed by atoms with van der Waals surface area (Å²) < 4.78 is 42.8. The van der Waals surface area contributed by atoms with Gasteiger partial charge in [0.1, 0.15) is 11.4 Å². The third-order valence-corrected chi connectivity index (χ3v) is 2.43. The zero-order valence-corrected chi connectivity index (χ0v) is 10.0. The summed E-state index contributed by atoms with van der Waals surface area (Å²) in [4.78, 5) is 3.42. The van der Waals surface area contributed by atoms with Crippen LogP contribution < -0.4 is 10.5 Å². The van der Waals surface area contributed by atoms with Gasteiger partial charge in [-0.2, -0.15) is 13.2 Å². The Hall–Kier alpha value is -2.24. The van der Waals surface area contributed by atoms with Crippen LogP contribution in [0.5, 0.6) is 11.6 Å². The van der Waals surface area contributed by atoms with Crippen LogP contribution in [0.3, 0.4) is 0 Å². The second-order valence-corrected chi connectivity index (χ2v) is 3.99. The first-order chi connectivity index (χ1) is 8.86. The third kappa shape index (κ3) is 3.15. The lowest BCUT2D eigenvalue weighted by molar-refractivity contribution is -0.141. The lowest BCUT2D eigenvalue weighted by Gasteiger charge is -2.10. The van der Waals surface area contributed by atoms with Gasteiger partial charge in [0.25, 0.3) is 0 Å². The summed E-state index contributed by atoms with van der Waals surface area (Å²) in [5.74, 6) is 0.309. The standard InChI is InChI=1S/C13H11F3N2O/c1-8-7-9(17)5-6-10(8)19-12-4-2-3-11(18-12)13(14,15)16/h2-7H,17H2,1H3. The van der Waals surface area contributed by atoms with Gasteiger partial charge in [-0.3, -0.25) is 0 Å². The molecule has 0 bridgehead atoms. The first kappa shape index (κ1) is 13.2. The van der Waals surface area contributed by atoms with Crippen molar-refractivity contribution in [3.8, 4) is 11.6 Å². The van der Waals surface area contributed by atoms with Crippen molar-refractivity contribution in [3.05, 3.63) is 47.7 Å². The van der Waals surface area contributed by atoms with Crippen molar-refractivity contribution in [2.75, 3.05) is 5.73 Å². The van der Waals surface area contributed by atoms with Crippen LogP contribution in [0.1, 0.15) is 11.3 Å². The zero-order chi connectivity index (χ0) is 14.0. The summed E-state index contributed by atoms with van der Waals surface area (Å²) in [6, 6.07) is 8.37. The fourth-order valence-electron chi connectivity index (χ4n) is 1.53. The van der Waals surface area contributed by atoms with Crippen molar-refractivity contribution in [1.82, 2.24) is 4.98 Å². The molecule has 100 valence electrons. The van der Waals surface area contributed by atoms with Crippen molar-refractivity contribution in [3.63, 3.8) is 0 Å². The monoisotopic (exact) mass is 268 g/mol. The number of nitrogen functional groups attached to an aromatic ring is 1. The number of nitrogens with two attached hydrogens (primary N) is 1. The molecule has 0 aliphatic heterocycles. The Labute approximate surface area is 107 Å². The van der Waals surface area contributed by atoms with Crippen LogP contribution in [0.2, 0.25) is 0 Å². The van der Waals surface area contributed by atoms with Gasteiger partial charge < -0.3 is 10.5 Å². The predicted octanol–water partition coefficient (Wildman–Crippen LogP) is 3.78. The Kier molecular flexibility index (Phi) is 3.33. The molecule has 0 amide bonds. The van der Waals surface area contributed by atoms with E-state index in [9.17, 15) is 13.2 Å². The minimum absolute atomic E-state index is 0.109. The highest BCUT2D eigenvalue weighted by atomic mass is 19.4. The lowest BCUT2D eigenvalue weighted by atomic mass is 10.2. The summed E-state index contributed by atoms with van der Waals surface area (Å²) in [6.07, 6.45) is -4.49. The number of hydrogen-bond donors (Lipinski definition) is 1. The Balaban J connectivity index is 2.29. The fourth-order valence-corrected chi connectivity index (χ4v) is 1.53. The van der Waals surface area contributed by atoms with Crippen molar-refractivity contribution < 1.29 is 17.9 Å². The normalized spacial score (nSPS) is 11.4. The average Bonchev–Trinajstić information content (AvgIpc) is 2.32. The van der Waals surface area contributed by atoms with Crippen molar-refractivity contribution >= 4 is 5.69 Å². The van der Waals surface area contributed by atoms with Crippen LogP contribution >= 0.6 is 0 Å². The molecule has 0 aliphatic rings.